The molecule has 21 heavy (non-hydrogen) atoms. The highest BCUT2D eigenvalue weighted by Gasteiger charge is 2.12. The first-order chi connectivity index (χ1) is 10.1. The van der Waals surface area contributed by atoms with E-state index in [1.807, 2.05) is 31.2 Å². The normalized spacial score (nSPS) is 10.5. The summed E-state index contributed by atoms with van der Waals surface area (Å²) in [6, 6.07) is 14.1. The topological polar surface area (TPSA) is 76.2 Å². The van der Waals surface area contributed by atoms with Crippen molar-refractivity contribution < 1.29 is 14.3 Å². The third kappa shape index (κ3) is 2.67. The van der Waals surface area contributed by atoms with Crippen LogP contribution in [-0.2, 0) is 0 Å². The Kier molecular flexibility index (Phi) is 3.23. The SMILES string of the molecule is Cc1ccc(-c2nnc(-c3cccc(C(=O)O)c3)o2)cc1. The lowest BCUT2D eigenvalue weighted by atomic mass is 10.1. The molecule has 0 aliphatic carbocycles. The molecular formula is C16H12N2O3. The van der Waals surface area contributed by atoms with Gasteiger partial charge in [-0.25, -0.2) is 4.79 Å². The number of rotatable bonds is 3. The van der Waals surface area contributed by atoms with E-state index in [0.29, 0.717) is 17.3 Å². The van der Waals surface area contributed by atoms with Crippen molar-refractivity contribution in [3.8, 4) is 22.9 Å². The average Bonchev–Trinajstić information content (AvgIpc) is 2.98. The Bertz CT molecular complexity index is 791. The minimum Gasteiger partial charge on any atom is -0.478 e. The van der Waals surface area contributed by atoms with E-state index in [1.54, 1.807) is 12.1 Å². The first-order valence-electron chi connectivity index (χ1n) is 6.38. The Hall–Kier alpha value is -2.95. The molecule has 5 nitrogen and oxygen atoms in total. The van der Waals surface area contributed by atoms with Crippen LogP contribution in [0.3, 0.4) is 0 Å². The molecule has 3 rings (SSSR count). The fraction of sp³-hybridized carbons (Fsp3) is 0.0625. The largest absolute Gasteiger partial charge is 0.478 e. The second-order valence-corrected chi connectivity index (χ2v) is 4.66. The summed E-state index contributed by atoms with van der Waals surface area (Å²) >= 11 is 0. The fourth-order valence-corrected chi connectivity index (χ4v) is 1.94. The molecule has 1 aromatic heterocycles. The van der Waals surface area contributed by atoms with Crippen LogP contribution >= 0.6 is 0 Å². The van der Waals surface area contributed by atoms with Gasteiger partial charge in [0, 0.05) is 11.1 Å². The zero-order valence-electron chi connectivity index (χ0n) is 11.3. The molecule has 0 fully saturated rings. The first kappa shape index (κ1) is 13.1. The van der Waals surface area contributed by atoms with E-state index in [9.17, 15) is 4.79 Å². The maximum atomic E-state index is 11.0. The molecule has 0 saturated carbocycles. The highest BCUT2D eigenvalue weighted by Crippen LogP contribution is 2.24. The highest BCUT2D eigenvalue weighted by atomic mass is 16.4. The van der Waals surface area contributed by atoms with E-state index in [2.05, 4.69) is 10.2 Å². The summed E-state index contributed by atoms with van der Waals surface area (Å²) in [6.45, 7) is 2.00. The molecule has 1 heterocycles. The van der Waals surface area contributed by atoms with E-state index in [1.165, 1.54) is 12.1 Å². The van der Waals surface area contributed by atoms with Gasteiger partial charge in [-0.2, -0.15) is 0 Å². The number of hydrogen-bond donors (Lipinski definition) is 1. The van der Waals surface area contributed by atoms with Gasteiger partial charge in [0.15, 0.2) is 0 Å². The lowest BCUT2D eigenvalue weighted by molar-refractivity contribution is 0.0697. The summed E-state index contributed by atoms with van der Waals surface area (Å²) in [6.07, 6.45) is 0. The Morgan fingerprint density at radius 2 is 1.67 bits per heavy atom. The van der Waals surface area contributed by atoms with Gasteiger partial charge >= 0.3 is 5.97 Å². The van der Waals surface area contributed by atoms with Gasteiger partial charge in [-0.15, -0.1) is 10.2 Å². The van der Waals surface area contributed by atoms with Crippen LogP contribution in [0.2, 0.25) is 0 Å². The number of carboxylic acids is 1. The van der Waals surface area contributed by atoms with Crippen molar-refractivity contribution in [3.63, 3.8) is 0 Å². The minimum absolute atomic E-state index is 0.183. The summed E-state index contributed by atoms with van der Waals surface area (Å²) < 4.78 is 5.62. The molecule has 0 aliphatic rings. The Morgan fingerprint density at radius 3 is 2.33 bits per heavy atom. The zero-order chi connectivity index (χ0) is 14.8. The molecule has 0 spiro atoms. The number of benzene rings is 2. The van der Waals surface area contributed by atoms with Crippen LogP contribution in [0.25, 0.3) is 22.9 Å². The molecule has 0 saturated heterocycles. The number of hydrogen-bond acceptors (Lipinski definition) is 4. The summed E-state index contributed by atoms with van der Waals surface area (Å²) in [5.41, 5.74) is 2.74. The second-order valence-electron chi connectivity index (χ2n) is 4.66. The molecule has 2 aromatic carbocycles. The van der Waals surface area contributed by atoms with Gasteiger partial charge in [0.05, 0.1) is 5.56 Å². The minimum atomic E-state index is -0.991. The first-order valence-corrected chi connectivity index (χ1v) is 6.38. The number of carbonyl (C=O) groups is 1. The number of aromatic carboxylic acids is 1. The Balaban J connectivity index is 1.96. The van der Waals surface area contributed by atoms with Crippen molar-refractivity contribution >= 4 is 5.97 Å². The predicted molar refractivity (Wildman–Crippen MR) is 76.9 cm³/mol. The molecular weight excluding hydrogens is 268 g/mol. The third-order valence-electron chi connectivity index (χ3n) is 3.08. The van der Waals surface area contributed by atoms with Gasteiger partial charge in [-0.05, 0) is 37.3 Å². The van der Waals surface area contributed by atoms with Gasteiger partial charge in [0.2, 0.25) is 11.8 Å². The summed E-state index contributed by atoms with van der Waals surface area (Å²) in [5, 5.41) is 17.0. The van der Waals surface area contributed by atoms with Crippen LogP contribution in [0.4, 0.5) is 0 Å². The summed E-state index contributed by atoms with van der Waals surface area (Å²) in [7, 11) is 0. The molecule has 1 N–H and O–H groups in total. The number of nitrogens with zero attached hydrogens (tertiary/aromatic N) is 2. The van der Waals surface area contributed by atoms with Crippen LogP contribution < -0.4 is 0 Å². The van der Waals surface area contributed by atoms with E-state index in [0.717, 1.165) is 11.1 Å². The Labute approximate surface area is 120 Å². The Morgan fingerprint density at radius 1 is 1.00 bits per heavy atom. The quantitative estimate of drug-likeness (QED) is 0.795. The number of carboxylic acid groups (broad SMARTS) is 1. The van der Waals surface area contributed by atoms with Gasteiger partial charge < -0.3 is 9.52 Å². The predicted octanol–water partition coefficient (Wildman–Crippen LogP) is 3.41. The van der Waals surface area contributed by atoms with Crippen molar-refractivity contribution in [2.45, 2.75) is 6.92 Å². The number of aromatic nitrogens is 2. The highest BCUT2D eigenvalue weighted by molar-refractivity contribution is 5.88. The van der Waals surface area contributed by atoms with Gasteiger partial charge in [-0.3, -0.25) is 0 Å². The summed E-state index contributed by atoms with van der Waals surface area (Å²) in [4.78, 5) is 11.0. The molecule has 0 amide bonds. The van der Waals surface area contributed by atoms with E-state index in [-0.39, 0.29) is 5.56 Å². The fourth-order valence-electron chi connectivity index (χ4n) is 1.94. The van der Waals surface area contributed by atoms with Crippen LogP contribution in [0.5, 0.6) is 0 Å². The molecule has 5 heteroatoms. The zero-order valence-corrected chi connectivity index (χ0v) is 11.3. The standard InChI is InChI=1S/C16H12N2O3/c1-10-5-7-11(8-6-10)14-17-18-15(21-14)12-3-2-4-13(9-12)16(19)20/h2-9H,1H3,(H,19,20). The van der Waals surface area contributed by atoms with Crippen molar-refractivity contribution in [2.24, 2.45) is 0 Å². The van der Waals surface area contributed by atoms with E-state index < -0.39 is 5.97 Å². The molecule has 104 valence electrons. The van der Waals surface area contributed by atoms with Gasteiger partial charge in [0.25, 0.3) is 0 Å². The van der Waals surface area contributed by atoms with Gasteiger partial charge in [-0.1, -0.05) is 23.8 Å². The molecule has 0 atom stereocenters. The van der Waals surface area contributed by atoms with Gasteiger partial charge in [0.1, 0.15) is 0 Å². The van der Waals surface area contributed by atoms with Crippen LogP contribution in [0.15, 0.2) is 52.9 Å². The van der Waals surface area contributed by atoms with Crippen LogP contribution in [0.1, 0.15) is 15.9 Å². The van der Waals surface area contributed by atoms with Crippen molar-refractivity contribution in [3.05, 3.63) is 59.7 Å². The molecule has 0 bridgehead atoms. The van der Waals surface area contributed by atoms with E-state index in [4.69, 9.17) is 9.52 Å². The molecule has 0 aliphatic heterocycles. The smallest absolute Gasteiger partial charge is 0.335 e. The average molecular weight is 280 g/mol. The molecule has 0 radical (unpaired) electrons. The van der Waals surface area contributed by atoms with Crippen LogP contribution in [-0.4, -0.2) is 21.3 Å². The summed E-state index contributed by atoms with van der Waals surface area (Å²) in [5.74, 6) is -0.283. The van der Waals surface area contributed by atoms with Crippen molar-refractivity contribution in [1.29, 1.82) is 0 Å². The molecule has 3 aromatic rings. The van der Waals surface area contributed by atoms with Crippen molar-refractivity contribution in [2.75, 3.05) is 0 Å². The van der Waals surface area contributed by atoms with E-state index >= 15 is 0 Å². The van der Waals surface area contributed by atoms with Crippen molar-refractivity contribution in [1.82, 2.24) is 10.2 Å². The maximum absolute atomic E-state index is 11.0. The lowest BCUT2D eigenvalue weighted by Crippen LogP contribution is -1.95. The third-order valence-corrected chi connectivity index (χ3v) is 3.08. The van der Waals surface area contributed by atoms with Crippen LogP contribution in [0, 0.1) is 6.92 Å². The lowest BCUT2D eigenvalue weighted by Gasteiger charge is -1.98. The number of aryl methyl sites for hydroxylation is 1. The second kappa shape index (κ2) is 5.20. The molecule has 0 unspecified atom stereocenters. The maximum Gasteiger partial charge on any atom is 0.335 e. The monoisotopic (exact) mass is 280 g/mol.